The van der Waals surface area contributed by atoms with E-state index >= 15 is 0 Å². The van der Waals surface area contributed by atoms with Crippen molar-refractivity contribution in [1.82, 2.24) is 0 Å². The van der Waals surface area contributed by atoms with E-state index in [-0.39, 0.29) is 0 Å². The molecule has 0 aromatic carbocycles. The summed E-state index contributed by atoms with van der Waals surface area (Å²) < 4.78 is 35.5. The number of rotatable bonds is 31. The van der Waals surface area contributed by atoms with E-state index in [4.69, 9.17) is 28.4 Å². The third kappa shape index (κ3) is 12.3. The van der Waals surface area contributed by atoms with E-state index in [2.05, 4.69) is 27.7 Å². The van der Waals surface area contributed by atoms with Crippen LogP contribution in [0.2, 0.25) is 0 Å². The highest BCUT2D eigenvalue weighted by Crippen LogP contribution is 2.59. The highest BCUT2D eigenvalue weighted by atomic mass is 33.1. The average Bonchev–Trinajstić information content (AvgIpc) is 3.03. The Labute approximate surface area is 269 Å². The molecule has 2 unspecified atom stereocenters. The molecule has 254 valence electrons. The van der Waals surface area contributed by atoms with E-state index in [1.807, 2.05) is 21.6 Å². The van der Waals surface area contributed by atoms with Crippen LogP contribution in [0.4, 0.5) is 0 Å². The molecule has 8 heteroatoms. The number of hydrogen-bond acceptors (Lipinski definition) is 8. The molecule has 0 aliphatic heterocycles. The Morgan fingerprint density at radius 2 is 0.595 bits per heavy atom. The topological polar surface area (TPSA) is 55.4 Å². The van der Waals surface area contributed by atoms with Gasteiger partial charge < -0.3 is 28.4 Å². The summed E-state index contributed by atoms with van der Waals surface area (Å²) in [6.45, 7) is 8.97. The lowest BCUT2D eigenvalue weighted by molar-refractivity contribution is -0.371. The lowest BCUT2D eigenvalue weighted by Gasteiger charge is -2.50. The highest BCUT2D eigenvalue weighted by Gasteiger charge is 2.58. The first-order valence-corrected chi connectivity index (χ1v) is 19.1. The molecular formula is C34H70O6S2. The largest absolute Gasteiger partial charge is 0.330 e. The molecular weight excluding hydrogens is 569 g/mol. The Hall–Kier alpha value is 0.460. The second kappa shape index (κ2) is 24.7. The summed E-state index contributed by atoms with van der Waals surface area (Å²) in [5, 5.41) is 0. The maximum absolute atomic E-state index is 6.06. The number of unbranched alkanes of at least 4 members (excludes halogenated alkanes) is 14. The molecule has 0 aromatic heterocycles. The van der Waals surface area contributed by atoms with Crippen LogP contribution < -0.4 is 0 Å². The Kier molecular flexibility index (Phi) is 24.9. The molecule has 0 N–H and O–H groups in total. The van der Waals surface area contributed by atoms with Crippen LogP contribution in [0.5, 0.6) is 0 Å². The SMILES string of the molecule is CCCCCCCCCCC(CC)(SSC(CC)(CCCCCCCCCC)C(OC)(OC)OC)C(OC)(OC)OC. The van der Waals surface area contributed by atoms with E-state index in [0.29, 0.717) is 0 Å². The number of hydrogen-bond donors (Lipinski definition) is 0. The first-order valence-electron chi connectivity index (χ1n) is 17.0. The van der Waals surface area contributed by atoms with Crippen molar-refractivity contribution in [2.75, 3.05) is 42.7 Å². The Balaban J connectivity index is 5.91. The van der Waals surface area contributed by atoms with Gasteiger partial charge in [-0.2, -0.15) is 0 Å². The van der Waals surface area contributed by atoms with Crippen LogP contribution in [0.3, 0.4) is 0 Å². The molecule has 6 nitrogen and oxygen atoms in total. The van der Waals surface area contributed by atoms with Crippen molar-refractivity contribution in [3.63, 3.8) is 0 Å². The van der Waals surface area contributed by atoms with E-state index in [9.17, 15) is 0 Å². The molecule has 0 heterocycles. The van der Waals surface area contributed by atoms with E-state index in [1.54, 1.807) is 42.7 Å². The van der Waals surface area contributed by atoms with Crippen LogP contribution in [0, 0.1) is 0 Å². The van der Waals surface area contributed by atoms with Gasteiger partial charge >= 0.3 is 0 Å². The summed E-state index contributed by atoms with van der Waals surface area (Å²) in [6, 6.07) is 0. The molecule has 0 fully saturated rings. The van der Waals surface area contributed by atoms with Crippen molar-refractivity contribution in [3.8, 4) is 0 Å². The Bertz CT molecular complexity index is 548. The van der Waals surface area contributed by atoms with Crippen LogP contribution in [-0.4, -0.2) is 64.1 Å². The third-order valence-corrected chi connectivity index (χ3v) is 13.5. The van der Waals surface area contributed by atoms with Gasteiger partial charge in [0.2, 0.25) is 0 Å². The van der Waals surface area contributed by atoms with Gasteiger partial charge in [-0.3, -0.25) is 0 Å². The zero-order chi connectivity index (χ0) is 31.8. The quantitative estimate of drug-likeness (QED) is 0.0422. The van der Waals surface area contributed by atoms with Crippen molar-refractivity contribution in [2.24, 2.45) is 0 Å². The zero-order valence-electron chi connectivity index (χ0n) is 29.4. The monoisotopic (exact) mass is 638 g/mol. The van der Waals surface area contributed by atoms with Crippen molar-refractivity contribution >= 4 is 21.6 Å². The van der Waals surface area contributed by atoms with Gasteiger partial charge in [-0.25, -0.2) is 0 Å². The minimum Gasteiger partial charge on any atom is -0.330 e. The standard InChI is InChI=1S/C34H70O6S2/c1-11-15-17-19-21-23-25-27-29-31(13-3,33(35-5,36-6)37-7)41-42-32(14-4,34(38-8,39-9)40-10)30-28-26-24-22-20-18-16-12-2/h11-30H2,1-10H3. The van der Waals surface area contributed by atoms with E-state index < -0.39 is 21.4 Å². The van der Waals surface area contributed by atoms with Gasteiger partial charge in [0, 0.05) is 42.7 Å². The predicted molar refractivity (Wildman–Crippen MR) is 183 cm³/mol. The Morgan fingerprint density at radius 1 is 0.357 bits per heavy atom. The van der Waals surface area contributed by atoms with Gasteiger partial charge in [0.25, 0.3) is 11.9 Å². The van der Waals surface area contributed by atoms with Crippen molar-refractivity contribution in [1.29, 1.82) is 0 Å². The lowest BCUT2D eigenvalue weighted by atomic mass is 9.93. The third-order valence-electron chi connectivity index (χ3n) is 9.10. The molecule has 0 radical (unpaired) electrons. The summed E-state index contributed by atoms with van der Waals surface area (Å²) in [7, 11) is 13.7. The van der Waals surface area contributed by atoms with Crippen LogP contribution in [0.1, 0.15) is 156 Å². The molecule has 0 aliphatic carbocycles. The summed E-state index contributed by atoms with van der Waals surface area (Å²) in [6.07, 6.45) is 23.8. The van der Waals surface area contributed by atoms with E-state index in [0.717, 1.165) is 38.5 Å². The van der Waals surface area contributed by atoms with Gasteiger partial charge in [-0.05, 0) is 25.7 Å². The van der Waals surface area contributed by atoms with Gasteiger partial charge in [0.15, 0.2) is 0 Å². The predicted octanol–water partition coefficient (Wildman–Crippen LogP) is 10.9. The molecule has 42 heavy (non-hydrogen) atoms. The number of ether oxygens (including phenoxy) is 6. The minimum absolute atomic E-state index is 0.446. The van der Waals surface area contributed by atoms with Gasteiger partial charge in [0.1, 0.15) is 9.49 Å². The van der Waals surface area contributed by atoms with Crippen molar-refractivity contribution in [3.05, 3.63) is 0 Å². The molecule has 0 bridgehead atoms. The summed E-state index contributed by atoms with van der Waals surface area (Å²) in [5.74, 6) is -2.34. The zero-order valence-corrected chi connectivity index (χ0v) is 31.0. The fraction of sp³-hybridized carbons (Fsp3) is 1.00. The van der Waals surface area contributed by atoms with E-state index in [1.165, 1.54) is 89.9 Å². The summed E-state index contributed by atoms with van der Waals surface area (Å²) in [4.78, 5) is 0. The van der Waals surface area contributed by atoms with Crippen LogP contribution >= 0.6 is 21.6 Å². The smallest absolute Gasteiger partial charge is 0.298 e. The maximum atomic E-state index is 6.06. The van der Waals surface area contributed by atoms with Crippen LogP contribution in [0.25, 0.3) is 0 Å². The Morgan fingerprint density at radius 3 is 0.810 bits per heavy atom. The molecule has 0 aliphatic rings. The first kappa shape index (κ1) is 42.5. The normalized spacial score (nSPS) is 15.6. The van der Waals surface area contributed by atoms with Crippen LogP contribution in [0.15, 0.2) is 0 Å². The highest BCUT2D eigenvalue weighted by molar-refractivity contribution is 8.77. The van der Waals surface area contributed by atoms with Crippen molar-refractivity contribution < 1.29 is 28.4 Å². The number of methoxy groups -OCH3 is 6. The first-order chi connectivity index (χ1) is 20.3. The fourth-order valence-corrected chi connectivity index (χ4v) is 10.8. The average molecular weight is 639 g/mol. The van der Waals surface area contributed by atoms with Gasteiger partial charge in [-0.1, -0.05) is 152 Å². The van der Waals surface area contributed by atoms with Gasteiger partial charge in [0.05, 0.1) is 0 Å². The molecule has 2 atom stereocenters. The second-order valence-electron chi connectivity index (χ2n) is 11.6. The minimum atomic E-state index is -1.17. The molecule has 0 amide bonds. The lowest BCUT2D eigenvalue weighted by Crippen LogP contribution is -2.58. The van der Waals surface area contributed by atoms with Crippen LogP contribution in [-0.2, 0) is 28.4 Å². The molecule has 0 aromatic rings. The molecule has 0 spiro atoms. The molecule has 0 saturated heterocycles. The summed E-state index contributed by atoms with van der Waals surface area (Å²) >= 11 is 0. The molecule has 0 saturated carbocycles. The second-order valence-corrected chi connectivity index (χ2v) is 14.5. The molecule has 0 rings (SSSR count). The maximum Gasteiger partial charge on any atom is 0.298 e. The fourth-order valence-electron chi connectivity index (χ4n) is 6.26. The van der Waals surface area contributed by atoms with Crippen molar-refractivity contribution in [2.45, 2.75) is 178 Å². The van der Waals surface area contributed by atoms with Gasteiger partial charge in [-0.15, -0.1) is 0 Å². The summed E-state index contributed by atoms with van der Waals surface area (Å²) in [5.41, 5.74) is 0.